The number of nitrogens with zero attached hydrogens (tertiary/aromatic N) is 1. The van der Waals surface area contributed by atoms with Gasteiger partial charge < -0.3 is 15.4 Å². The van der Waals surface area contributed by atoms with Gasteiger partial charge in [0.2, 0.25) is 0 Å². The van der Waals surface area contributed by atoms with Crippen LogP contribution in [0.1, 0.15) is 12.0 Å². The van der Waals surface area contributed by atoms with Crippen molar-refractivity contribution in [1.29, 1.82) is 0 Å². The summed E-state index contributed by atoms with van der Waals surface area (Å²) in [4.78, 5) is 14.0. The highest BCUT2D eigenvalue weighted by Gasteiger charge is 2.28. The Hall–Kier alpha value is -1.39. The summed E-state index contributed by atoms with van der Waals surface area (Å²) >= 11 is 0. The number of amides is 1. The summed E-state index contributed by atoms with van der Waals surface area (Å²) < 4.78 is 5.44. The van der Waals surface area contributed by atoms with Gasteiger partial charge >= 0.3 is 0 Å². The molecule has 1 atom stereocenters. The molecule has 0 spiro atoms. The van der Waals surface area contributed by atoms with Crippen LogP contribution in [0.4, 0.5) is 0 Å². The number of hydrogen-bond donors (Lipinski definition) is 1. The Morgan fingerprint density at radius 1 is 1.33 bits per heavy atom. The summed E-state index contributed by atoms with van der Waals surface area (Å²) in [6.07, 6.45) is 1.17. The lowest BCUT2D eigenvalue weighted by molar-refractivity contribution is -0.153. The Kier molecular flexibility index (Phi) is 4.73. The topological polar surface area (TPSA) is 55.6 Å². The molecular formula is C14H20N2O2. The molecule has 4 nitrogen and oxygen atoms in total. The Morgan fingerprint density at radius 3 is 2.83 bits per heavy atom. The van der Waals surface area contributed by atoms with Crippen molar-refractivity contribution in [1.82, 2.24) is 4.90 Å². The maximum absolute atomic E-state index is 12.1. The van der Waals surface area contributed by atoms with E-state index in [1.807, 2.05) is 23.1 Å². The Labute approximate surface area is 108 Å². The van der Waals surface area contributed by atoms with Gasteiger partial charge in [0.15, 0.2) is 0 Å². The molecule has 1 amide bonds. The van der Waals surface area contributed by atoms with E-state index in [-0.39, 0.29) is 12.0 Å². The number of ether oxygens (including phenoxy) is 1. The van der Waals surface area contributed by atoms with Crippen LogP contribution >= 0.6 is 0 Å². The summed E-state index contributed by atoms with van der Waals surface area (Å²) in [5.74, 6) is 0.0858. The molecule has 1 fully saturated rings. The summed E-state index contributed by atoms with van der Waals surface area (Å²) in [7, 11) is 0. The van der Waals surface area contributed by atoms with E-state index in [1.165, 1.54) is 5.56 Å². The van der Waals surface area contributed by atoms with Gasteiger partial charge in [-0.3, -0.25) is 4.79 Å². The van der Waals surface area contributed by atoms with Crippen LogP contribution in [0.15, 0.2) is 30.3 Å². The van der Waals surface area contributed by atoms with Gasteiger partial charge in [0, 0.05) is 13.1 Å². The first kappa shape index (κ1) is 13.1. The zero-order valence-corrected chi connectivity index (χ0v) is 10.5. The number of rotatable bonds is 5. The molecule has 0 aliphatic carbocycles. The first-order chi connectivity index (χ1) is 8.81. The van der Waals surface area contributed by atoms with Crippen molar-refractivity contribution in [2.24, 2.45) is 5.73 Å². The minimum Gasteiger partial charge on any atom is -0.366 e. The quantitative estimate of drug-likeness (QED) is 0.838. The molecular weight excluding hydrogens is 228 g/mol. The SMILES string of the molecule is NCCC1OCCN(CCc2ccccc2)C1=O. The summed E-state index contributed by atoms with van der Waals surface area (Å²) in [6, 6.07) is 10.2. The van der Waals surface area contributed by atoms with Crippen LogP contribution in [-0.4, -0.2) is 43.2 Å². The Morgan fingerprint density at radius 2 is 2.11 bits per heavy atom. The molecule has 2 N–H and O–H groups in total. The number of carbonyl (C=O) groups is 1. The van der Waals surface area contributed by atoms with E-state index in [2.05, 4.69) is 12.1 Å². The molecule has 1 unspecified atom stereocenters. The van der Waals surface area contributed by atoms with Crippen LogP contribution in [0.2, 0.25) is 0 Å². The van der Waals surface area contributed by atoms with Crippen molar-refractivity contribution in [3.63, 3.8) is 0 Å². The van der Waals surface area contributed by atoms with Crippen LogP contribution in [-0.2, 0) is 16.0 Å². The van der Waals surface area contributed by atoms with Gasteiger partial charge in [-0.15, -0.1) is 0 Å². The average Bonchev–Trinajstić information content (AvgIpc) is 2.41. The minimum absolute atomic E-state index is 0.0858. The van der Waals surface area contributed by atoms with E-state index in [1.54, 1.807) is 0 Å². The maximum atomic E-state index is 12.1. The second kappa shape index (κ2) is 6.52. The summed E-state index contributed by atoms with van der Waals surface area (Å²) in [5.41, 5.74) is 6.74. The predicted molar refractivity (Wildman–Crippen MR) is 70.1 cm³/mol. The molecule has 2 rings (SSSR count). The van der Waals surface area contributed by atoms with Crippen molar-refractivity contribution in [3.05, 3.63) is 35.9 Å². The minimum atomic E-state index is -0.334. The largest absolute Gasteiger partial charge is 0.366 e. The average molecular weight is 248 g/mol. The van der Waals surface area contributed by atoms with Crippen LogP contribution in [0.5, 0.6) is 0 Å². The van der Waals surface area contributed by atoms with Crippen LogP contribution in [0.3, 0.4) is 0 Å². The fraction of sp³-hybridized carbons (Fsp3) is 0.500. The third-order valence-electron chi connectivity index (χ3n) is 3.21. The van der Waals surface area contributed by atoms with Crippen LogP contribution in [0.25, 0.3) is 0 Å². The molecule has 4 heteroatoms. The molecule has 98 valence electrons. The molecule has 18 heavy (non-hydrogen) atoms. The van der Waals surface area contributed by atoms with E-state index >= 15 is 0 Å². The third-order valence-corrected chi connectivity index (χ3v) is 3.21. The van der Waals surface area contributed by atoms with E-state index in [4.69, 9.17) is 10.5 Å². The highest BCUT2D eigenvalue weighted by atomic mass is 16.5. The van der Waals surface area contributed by atoms with Crippen molar-refractivity contribution >= 4 is 5.91 Å². The van der Waals surface area contributed by atoms with Crippen molar-refractivity contribution in [3.8, 4) is 0 Å². The molecule has 1 aliphatic rings. The van der Waals surface area contributed by atoms with Gasteiger partial charge in [0.25, 0.3) is 5.91 Å². The molecule has 0 saturated carbocycles. The lowest BCUT2D eigenvalue weighted by Crippen LogP contribution is -2.48. The lowest BCUT2D eigenvalue weighted by Gasteiger charge is -2.32. The second-order valence-electron chi connectivity index (χ2n) is 4.50. The van der Waals surface area contributed by atoms with Gasteiger partial charge in [-0.1, -0.05) is 30.3 Å². The third kappa shape index (κ3) is 3.31. The van der Waals surface area contributed by atoms with Gasteiger partial charge in [0.1, 0.15) is 6.10 Å². The summed E-state index contributed by atoms with van der Waals surface area (Å²) in [5, 5.41) is 0. The number of hydrogen-bond acceptors (Lipinski definition) is 3. The first-order valence-corrected chi connectivity index (χ1v) is 6.45. The van der Waals surface area contributed by atoms with Crippen molar-refractivity contribution < 1.29 is 9.53 Å². The summed E-state index contributed by atoms with van der Waals surface area (Å²) in [6.45, 7) is 2.55. The fourth-order valence-corrected chi connectivity index (χ4v) is 2.18. The number of carbonyl (C=O) groups excluding carboxylic acids is 1. The smallest absolute Gasteiger partial charge is 0.251 e. The molecule has 1 aliphatic heterocycles. The first-order valence-electron chi connectivity index (χ1n) is 6.45. The number of morpholine rings is 1. The number of benzene rings is 1. The standard InChI is InChI=1S/C14H20N2O2/c15-8-6-13-14(17)16(10-11-18-13)9-7-12-4-2-1-3-5-12/h1-5,13H,6-11,15H2. The van der Waals surface area contributed by atoms with Gasteiger partial charge in [-0.2, -0.15) is 0 Å². The molecule has 1 aromatic carbocycles. The molecule has 1 heterocycles. The van der Waals surface area contributed by atoms with Crippen LogP contribution < -0.4 is 5.73 Å². The molecule has 0 aromatic heterocycles. The van der Waals surface area contributed by atoms with Crippen molar-refractivity contribution in [2.75, 3.05) is 26.2 Å². The van der Waals surface area contributed by atoms with Gasteiger partial charge in [-0.25, -0.2) is 0 Å². The normalized spacial score (nSPS) is 20.2. The Bertz CT molecular complexity index is 379. The van der Waals surface area contributed by atoms with Gasteiger partial charge in [0.05, 0.1) is 6.61 Å². The van der Waals surface area contributed by atoms with Crippen molar-refractivity contribution in [2.45, 2.75) is 18.9 Å². The monoisotopic (exact) mass is 248 g/mol. The lowest BCUT2D eigenvalue weighted by atomic mass is 10.1. The molecule has 0 bridgehead atoms. The van der Waals surface area contributed by atoms with Crippen LogP contribution in [0, 0.1) is 0 Å². The molecule has 1 saturated heterocycles. The van der Waals surface area contributed by atoms with E-state index < -0.39 is 0 Å². The van der Waals surface area contributed by atoms with E-state index in [0.717, 1.165) is 13.0 Å². The highest BCUT2D eigenvalue weighted by molar-refractivity contribution is 5.81. The fourth-order valence-electron chi connectivity index (χ4n) is 2.18. The molecule has 0 radical (unpaired) electrons. The van der Waals surface area contributed by atoms with Gasteiger partial charge in [-0.05, 0) is 24.9 Å². The molecule has 1 aromatic rings. The maximum Gasteiger partial charge on any atom is 0.251 e. The number of nitrogens with two attached hydrogens (primary N) is 1. The van der Waals surface area contributed by atoms with E-state index in [9.17, 15) is 4.79 Å². The predicted octanol–water partition coefficient (Wildman–Crippen LogP) is 0.805. The zero-order chi connectivity index (χ0) is 12.8. The Balaban J connectivity index is 1.87. The second-order valence-corrected chi connectivity index (χ2v) is 4.50. The van der Waals surface area contributed by atoms with E-state index in [0.29, 0.717) is 26.1 Å². The highest BCUT2D eigenvalue weighted by Crippen LogP contribution is 2.11. The zero-order valence-electron chi connectivity index (χ0n) is 10.5.